The van der Waals surface area contributed by atoms with Crippen molar-refractivity contribution in [2.24, 2.45) is 23.3 Å². The largest absolute Gasteiger partial charge is 0.367 e. The lowest BCUT2D eigenvalue weighted by Gasteiger charge is -2.32. The molecule has 1 saturated carbocycles. The van der Waals surface area contributed by atoms with E-state index in [0.29, 0.717) is 25.0 Å². The summed E-state index contributed by atoms with van der Waals surface area (Å²) in [5, 5.41) is 3.30. The first kappa shape index (κ1) is 28.0. The molecule has 9 heteroatoms. The number of halogens is 1. The first-order valence-electron chi connectivity index (χ1n) is 14.4. The van der Waals surface area contributed by atoms with Crippen LogP contribution in [0.5, 0.6) is 0 Å². The lowest BCUT2D eigenvalue weighted by molar-refractivity contribution is -0.802. The lowest BCUT2D eigenvalue weighted by Crippen LogP contribution is -2.64. The van der Waals surface area contributed by atoms with Gasteiger partial charge in [-0.15, -0.1) is 0 Å². The number of hydrogen-bond donors (Lipinski definition) is 3. The Morgan fingerprint density at radius 1 is 1.19 bits per heavy atom. The van der Waals surface area contributed by atoms with Gasteiger partial charge in [-0.2, -0.15) is 9.15 Å². The molecule has 37 heavy (non-hydrogen) atoms. The molecule has 4 unspecified atom stereocenters. The maximum absolute atomic E-state index is 14.6. The molecule has 1 amide bonds. The van der Waals surface area contributed by atoms with Crippen LogP contribution >= 0.6 is 0 Å². The van der Waals surface area contributed by atoms with Crippen molar-refractivity contribution in [1.82, 2.24) is 5.32 Å². The third-order valence-corrected chi connectivity index (χ3v) is 8.48. The van der Waals surface area contributed by atoms with Gasteiger partial charge < -0.3 is 21.5 Å². The molecule has 3 aliphatic heterocycles. The number of methoxy groups -OCH3 is 1. The smallest absolute Gasteiger partial charge is 0.357 e. The van der Waals surface area contributed by atoms with Gasteiger partial charge in [-0.05, 0) is 37.2 Å². The molecule has 4 aliphatic rings. The molecule has 206 valence electrons. The summed E-state index contributed by atoms with van der Waals surface area (Å²) in [7, 11) is 1.74. The molecule has 8 nitrogen and oxygen atoms in total. The highest BCUT2D eigenvalue weighted by Crippen LogP contribution is 2.41. The fourth-order valence-electron chi connectivity index (χ4n) is 6.58. The van der Waals surface area contributed by atoms with Gasteiger partial charge in [0.25, 0.3) is 0 Å². The Kier molecular flexibility index (Phi) is 9.29. The quantitative estimate of drug-likeness (QED) is 0.270. The van der Waals surface area contributed by atoms with Gasteiger partial charge in [-0.1, -0.05) is 20.8 Å². The van der Waals surface area contributed by atoms with E-state index in [2.05, 4.69) is 36.9 Å². The summed E-state index contributed by atoms with van der Waals surface area (Å²) in [6.45, 7) is 8.07. The van der Waals surface area contributed by atoms with Gasteiger partial charge in [0.05, 0.1) is 18.3 Å². The van der Waals surface area contributed by atoms with E-state index < -0.39 is 18.3 Å². The number of carbonyl (C=O) groups is 1. The SMILES string of the molecule is CCCC(CCC)[N+]1=CC(OC)C(C2CC2)=C(NC(=O)C(C(N)N)C2[N+]3=CC(F)C[N+]2=C(CC)CC3)C1. The minimum atomic E-state index is -1.07. The molecule has 0 aromatic heterocycles. The number of ether oxygens (including phenoxy) is 1. The van der Waals surface area contributed by atoms with Crippen molar-refractivity contribution in [3.05, 3.63) is 11.3 Å². The zero-order valence-electron chi connectivity index (χ0n) is 23.2. The zero-order valence-corrected chi connectivity index (χ0v) is 23.2. The number of nitrogens with zero attached hydrogens (tertiary/aromatic N) is 3. The van der Waals surface area contributed by atoms with E-state index in [9.17, 15) is 9.18 Å². The van der Waals surface area contributed by atoms with Crippen molar-refractivity contribution in [3.63, 3.8) is 0 Å². The average molecular weight is 520 g/mol. The monoisotopic (exact) mass is 519 g/mol. The minimum absolute atomic E-state index is 0.153. The molecule has 1 aliphatic carbocycles. The molecule has 4 rings (SSSR count). The molecule has 1 fully saturated rings. The predicted molar refractivity (Wildman–Crippen MR) is 144 cm³/mol. The Morgan fingerprint density at radius 3 is 2.46 bits per heavy atom. The summed E-state index contributed by atoms with van der Waals surface area (Å²) < 4.78 is 26.9. The van der Waals surface area contributed by atoms with Crippen molar-refractivity contribution in [1.29, 1.82) is 0 Å². The Bertz CT molecular complexity index is 977. The van der Waals surface area contributed by atoms with Gasteiger partial charge in [-0.25, -0.2) is 8.97 Å². The van der Waals surface area contributed by atoms with E-state index in [1.807, 2.05) is 9.15 Å². The van der Waals surface area contributed by atoms with Crippen LogP contribution in [0.25, 0.3) is 0 Å². The summed E-state index contributed by atoms with van der Waals surface area (Å²) in [5.74, 6) is -0.465. The van der Waals surface area contributed by atoms with Crippen LogP contribution in [0, 0.1) is 11.8 Å². The number of nitrogens with two attached hydrogens (primary N) is 2. The Balaban J connectivity index is 1.66. The molecule has 0 saturated heterocycles. The van der Waals surface area contributed by atoms with Gasteiger partial charge in [-0.3, -0.25) is 4.79 Å². The fraction of sp³-hybridized carbons (Fsp3) is 0.786. The van der Waals surface area contributed by atoms with E-state index in [1.165, 1.54) is 5.57 Å². The van der Waals surface area contributed by atoms with E-state index in [4.69, 9.17) is 16.2 Å². The van der Waals surface area contributed by atoms with E-state index >= 15 is 0 Å². The second kappa shape index (κ2) is 12.3. The highest BCUT2D eigenvalue weighted by Gasteiger charge is 2.54. The molecular weight excluding hydrogens is 471 g/mol. The number of fused-ring (bicyclic) bond motifs is 2. The summed E-state index contributed by atoms with van der Waals surface area (Å²) in [4.78, 5) is 14.0. The van der Waals surface area contributed by atoms with Crippen molar-refractivity contribution in [2.75, 3.05) is 26.7 Å². The summed E-state index contributed by atoms with van der Waals surface area (Å²) in [5.41, 5.74) is 15.9. The highest BCUT2D eigenvalue weighted by atomic mass is 19.1. The molecule has 5 N–H and O–H groups in total. The molecule has 0 radical (unpaired) electrons. The Labute approximate surface area is 221 Å². The number of amides is 1. The Hall–Kier alpha value is -1.97. The molecular formula is C28H48FN6O2+3. The second-order valence-electron chi connectivity index (χ2n) is 11.1. The van der Waals surface area contributed by atoms with Gasteiger partial charge in [0.1, 0.15) is 0 Å². The highest BCUT2D eigenvalue weighted by molar-refractivity contribution is 5.84. The van der Waals surface area contributed by atoms with Gasteiger partial charge in [0, 0.05) is 26.4 Å². The minimum Gasteiger partial charge on any atom is -0.367 e. The summed E-state index contributed by atoms with van der Waals surface area (Å²) in [6, 6.07) is 0.403. The predicted octanol–water partition coefficient (Wildman–Crippen LogP) is 1.74. The maximum atomic E-state index is 14.6. The normalized spacial score (nSPS) is 27.0. The van der Waals surface area contributed by atoms with E-state index in [1.54, 1.807) is 13.3 Å². The maximum Gasteiger partial charge on any atom is 0.357 e. The molecule has 3 heterocycles. The second-order valence-corrected chi connectivity index (χ2v) is 11.1. The third-order valence-electron chi connectivity index (χ3n) is 8.48. The van der Waals surface area contributed by atoms with Crippen LogP contribution in [-0.2, 0) is 9.53 Å². The van der Waals surface area contributed by atoms with Crippen molar-refractivity contribution in [2.45, 2.75) is 103 Å². The zero-order chi connectivity index (χ0) is 26.7. The van der Waals surface area contributed by atoms with Crippen LogP contribution in [-0.4, -0.2) is 95.2 Å². The third kappa shape index (κ3) is 6.04. The average Bonchev–Trinajstić information content (AvgIpc) is 3.69. The summed E-state index contributed by atoms with van der Waals surface area (Å²) in [6.07, 6.45) is 9.67. The number of rotatable bonds is 12. The number of carbonyl (C=O) groups excluding carboxylic acids is 1. The standard InChI is InChI=1S/C28H47FN6O2/c1-5-8-21(9-6-2)34-16-22(24(18-10-11-18)23(17-34)37-4)32-27(36)25(26(30)31)28-33-13-12-20(7-3)35(28)15-19(29)14-33/h14,17-19,21,23,25-26,28H,5-13,15-16,30-31H2,1-4H3/q+2/p+1. The molecule has 0 aromatic carbocycles. The van der Waals surface area contributed by atoms with Crippen LogP contribution in [0.3, 0.4) is 0 Å². The van der Waals surface area contributed by atoms with Gasteiger partial charge in [0.2, 0.25) is 12.1 Å². The van der Waals surface area contributed by atoms with Crippen molar-refractivity contribution in [3.8, 4) is 0 Å². The summed E-state index contributed by atoms with van der Waals surface area (Å²) >= 11 is 0. The lowest BCUT2D eigenvalue weighted by atomic mass is 9.94. The van der Waals surface area contributed by atoms with Crippen LogP contribution in [0.1, 0.15) is 72.1 Å². The molecule has 2 bridgehead atoms. The van der Waals surface area contributed by atoms with Crippen LogP contribution in [0.15, 0.2) is 11.3 Å². The van der Waals surface area contributed by atoms with Crippen molar-refractivity contribution < 1.29 is 27.6 Å². The van der Waals surface area contributed by atoms with Crippen molar-refractivity contribution >= 4 is 24.0 Å². The first-order valence-corrected chi connectivity index (χ1v) is 14.4. The number of nitrogens with one attached hydrogen (secondary N) is 1. The van der Waals surface area contributed by atoms with Crippen LogP contribution < -0.4 is 16.8 Å². The number of hydrogen-bond acceptors (Lipinski definition) is 4. The van der Waals surface area contributed by atoms with E-state index in [0.717, 1.165) is 62.8 Å². The first-order chi connectivity index (χ1) is 17.8. The van der Waals surface area contributed by atoms with Crippen LogP contribution in [0.4, 0.5) is 4.39 Å². The topological polar surface area (TPSA) is 99.4 Å². The number of alkyl halides is 1. The van der Waals surface area contributed by atoms with Gasteiger partial charge in [0.15, 0.2) is 55.8 Å². The molecule has 4 atom stereocenters. The molecule has 0 spiro atoms. The van der Waals surface area contributed by atoms with Crippen LogP contribution in [0.2, 0.25) is 0 Å². The molecule has 0 aromatic rings. The van der Waals surface area contributed by atoms with E-state index in [-0.39, 0.29) is 24.7 Å². The van der Waals surface area contributed by atoms with Gasteiger partial charge >= 0.3 is 6.17 Å². The fourth-order valence-corrected chi connectivity index (χ4v) is 6.58. The Morgan fingerprint density at radius 2 is 1.89 bits per heavy atom.